The Balaban J connectivity index is 2.07. The van der Waals surface area contributed by atoms with E-state index in [0.717, 1.165) is 5.56 Å². The second-order valence-electron chi connectivity index (χ2n) is 9.49. The molecule has 0 fully saturated rings. The van der Waals surface area contributed by atoms with Crippen molar-refractivity contribution >= 4 is 35.4 Å². The lowest BCUT2D eigenvalue weighted by Crippen LogP contribution is -2.54. The van der Waals surface area contributed by atoms with Gasteiger partial charge in [0.1, 0.15) is 18.7 Å². The Labute approximate surface area is 232 Å². The van der Waals surface area contributed by atoms with Gasteiger partial charge in [-0.2, -0.15) is 0 Å². The predicted octanol–water partition coefficient (Wildman–Crippen LogP) is 0.616. The number of nitrogens with two attached hydrogens (primary N) is 1. The molecular formula is C26H38N8O6. The Hall–Kier alpha value is -4.49. The molecule has 0 saturated heterocycles. The molecule has 0 aliphatic rings. The van der Waals surface area contributed by atoms with Crippen molar-refractivity contribution in [1.29, 1.82) is 0 Å². The summed E-state index contributed by atoms with van der Waals surface area (Å²) < 4.78 is 6.56. The van der Waals surface area contributed by atoms with Gasteiger partial charge >= 0.3 is 12.0 Å². The van der Waals surface area contributed by atoms with E-state index >= 15 is 0 Å². The first kappa shape index (κ1) is 31.7. The number of carbonyl (C=O) groups excluding carboxylic acids is 5. The van der Waals surface area contributed by atoms with Crippen LogP contribution in [0.15, 0.2) is 30.5 Å². The van der Waals surface area contributed by atoms with Crippen molar-refractivity contribution in [1.82, 2.24) is 30.9 Å². The second-order valence-corrected chi connectivity index (χ2v) is 9.49. The molecule has 0 radical (unpaired) electrons. The van der Waals surface area contributed by atoms with Crippen LogP contribution in [0.3, 0.4) is 0 Å². The lowest BCUT2D eigenvalue weighted by Gasteiger charge is -2.25. The highest BCUT2D eigenvalue weighted by molar-refractivity contribution is 5.98. The Bertz CT molecular complexity index is 1160. The van der Waals surface area contributed by atoms with E-state index in [1.54, 1.807) is 49.0 Å². The molecule has 2 atom stereocenters. The minimum absolute atomic E-state index is 0.0490. The van der Waals surface area contributed by atoms with Gasteiger partial charge in [-0.3, -0.25) is 23.9 Å². The quantitative estimate of drug-likeness (QED) is 0.155. The van der Waals surface area contributed by atoms with E-state index in [0.29, 0.717) is 24.3 Å². The summed E-state index contributed by atoms with van der Waals surface area (Å²) in [6, 6.07) is 4.13. The van der Waals surface area contributed by atoms with Crippen LogP contribution in [0.1, 0.15) is 51.8 Å². The number of amides is 5. The fourth-order valence-electron chi connectivity index (χ4n) is 3.64. The van der Waals surface area contributed by atoms with Gasteiger partial charge in [-0.1, -0.05) is 31.2 Å². The first-order chi connectivity index (χ1) is 19.0. The zero-order valence-corrected chi connectivity index (χ0v) is 23.2. The van der Waals surface area contributed by atoms with Crippen LogP contribution in [0, 0.1) is 5.92 Å². The lowest BCUT2D eigenvalue weighted by molar-refractivity contribution is -0.142. The van der Waals surface area contributed by atoms with Crippen molar-refractivity contribution in [2.45, 2.75) is 72.2 Å². The van der Waals surface area contributed by atoms with Gasteiger partial charge in [0.15, 0.2) is 0 Å². The number of esters is 1. The molecule has 2 rings (SSSR count). The van der Waals surface area contributed by atoms with Crippen LogP contribution in [0.2, 0.25) is 0 Å². The maximum atomic E-state index is 13.2. The van der Waals surface area contributed by atoms with Gasteiger partial charge in [-0.05, 0) is 43.4 Å². The fraction of sp³-hybridized carbons (Fsp3) is 0.500. The number of rotatable bonds is 15. The highest BCUT2D eigenvalue weighted by Crippen LogP contribution is 2.13. The molecule has 6 N–H and O–H groups in total. The molecule has 0 aliphatic carbocycles. The number of nitrogens with zero attached hydrogens (tertiary/aromatic N) is 3. The fourth-order valence-corrected chi connectivity index (χ4v) is 3.64. The van der Waals surface area contributed by atoms with Crippen LogP contribution in [-0.2, 0) is 43.5 Å². The average Bonchev–Trinajstić information content (AvgIpc) is 3.35. The number of anilines is 1. The third-order valence-corrected chi connectivity index (χ3v) is 5.78. The lowest BCUT2D eigenvalue weighted by atomic mass is 10.0. The molecule has 14 nitrogen and oxygen atoms in total. The molecule has 1 aromatic carbocycles. The molecule has 0 saturated carbocycles. The minimum atomic E-state index is -0.967. The number of aryl methyl sites for hydroxylation is 1. The molecule has 0 bridgehead atoms. The molecule has 0 spiro atoms. The summed E-state index contributed by atoms with van der Waals surface area (Å²) in [5, 5.41) is 18.5. The standard InChI is InChI=1S/C26H38N8O6/c1-5-34-14-20(32-33-34)13-22(36)31-23(16(2)3)25(38)30-21(7-6-12-28-26(27)39)24(37)29-19-10-8-18(9-11-19)15-40-17(4)35/h8-11,14,16,21,23H,5-7,12-13,15H2,1-4H3,(H,29,37)(H,30,38)(H,31,36)(H3,27,28,39)/t21-,23-/m0/s1. The van der Waals surface area contributed by atoms with Crippen LogP contribution >= 0.6 is 0 Å². The van der Waals surface area contributed by atoms with Gasteiger partial charge in [0, 0.05) is 31.9 Å². The Kier molecular flexibility index (Phi) is 12.5. The summed E-state index contributed by atoms with van der Waals surface area (Å²) >= 11 is 0. The Morgan fingerprint density at radius 2 is 1.75 bits per heavy atom. The molecule has 40 heavy (non-hydrogen) atoms. The smallest absolute Gasteiger partial charge is 0.312 e. The number of hydrogen-bond acceptors (Lipinski definition) is 8. The molecule has 14 heteroatoms. The first-order valence-electron chi connectivity index (χ1n) is 13.0. The summed E-state index contributed by atoms with van der Waals surface area (Å²) in [7, 11) is 0. The largest absolute Gasteiger partial charge is 0.461 e. The summed E-state index contributed by atoms with van der Waals surface area (Å²) in [5.41, 5.74) is 6.79. The molecule has 5 amide bonds. The van der Waals surface area contributed by atoms with Crippen LogP contribution < -0.4 is 27.0 Å². The van der Waals surface area contributed by atoms with E-state index in [9.17, 15) is 24.0 Å². The first-order valence-corrected chi connectivity index (χ1v) is 13.0. The van der Waals surface area contributed by atoms with E-state index in [1.807, 2.05) is 6.92 Å². The van der Waals surface area contributed by atoms with Gasteiger partial charge in [0.25, 0.3) is 0 Å². The molecule has 1 heterocycles. The summed E-state index contributed by atoms with van der Waals surface area (Å²) in [6.07, 6.45) is 2.16. The van der Waals surface area contributed by atoms with E-state index in [1.165, 1.54) is 6.92 Å². The predicted molar refractivity (Wildman–Crippen MR) is 145 cm³/mol. The number of urea groups is 1. The highest BCUT2D eigenvalue weighted by atomic mass is 16.5. The van der Waals surface area contributed by atoms with Crippen LogP contribution in [0.4, 0.5) is 10.5 Å². The SMILES string of the molecule is CCn1cc(CC(=O)N[C@H](C(=O)N[C@@H](CCCNC(N)=O)C(=O)Nc2ccc(COC(C)=O)cc2)C(C)C)nn1. The van der Waals surface area contributed by atoms with Crippen LogP contribution in [0.25, 0.3) is 0 Å². The monoisotopic (exact) mass is 558 g/mol. The summed E-state index contributed by atoms with van der Waals surface area (Å²) in [6.45, 7) is 7.70. The highest BCUT2D eigenvalue weighted by Gasteiger charge is 2.29. The van der Waals surface area contributed by atoms with Crippen molar-refractivity contribution in [2.24, 2.45) is 11.7 Å². The van der Waals surface area contributed by atoms with Gasteiger partial charge in [0.05, 0.1) is 12.1 Å². The molecule has 0 unspecified atom stereocenters. The Morgan fingerprint density at radius 3 is 2.33 bits per heavy atom. The number of nitrogens with one attached hydrogen (secondary N) is 4. The van der Waals surface area contributed by atoms with Crippen molar-refractivity contribution in [3.8, 4) is 0 Å². The van der Waals surface area contributed by atoms with E-state index in [-0.39, 0.29) is 31.9 Å². The van der Waals surface area contributed by atoms with Crippen LogP contribution in [0.5, 0.6) is 0 Å². The van der Waals surface area contributed by atoms with E-state index in [2.05, 4.69) is 31.6 Å². The zero-order valence-electron chi connectivity index (χ0n) is 23.2. The number of ether oxygens (including phenoxy) is 1. The topological polar surface area (TPSA) is 199 Å². The second kappa shape index (κ2) is 15.8. The Morgan fingerprint density at radius 1 is 1.05 bits per heavy atom. The summed E-state index contributed by atoms with van der Waals surface area (Å²) in [5.74, 6) is -2.09. The van der Waals surface area contributed by atoms with Gasteiger partial charge in [-0.15, -0.1) is 5.10 Å². The number of carbonyl (C=O) groups is 5. The van der Waals surface area contributed by atoms with Crippen molar-refractivity contribution in [2.75, 3.05) is 11.9 Å². The summed E-state index contributed by atoms with van der Waals surface area (Å²) in [4.78, 5) is 61.1. The molecular weight excluding hydrogens is 520 g/mol. The van der Waals surface area contributed by atoms with Gasteiger partial charge < -0.3 is 31.7 Å². The normalized spacial score (nSPS) is 12.2. The van der Waals surface area contributed by atoms with E-state index in [4.69, 9.17) is 10.5 Å². The van der Waals surface area contributed by atoms with Crippen LogP contribution in [-0.4, -0.2) is 63.3 Å². The number of primary amides is 1. The maximum absolute atomic E-state index is 13.2. The molecule has 0 aliphatic heterocycles. The number of benzene rings is 1. The van der Waals surface area contributed by atoms with Gasteiger partial charge in [-0.25, -0.2) is 4.79 Å². The zero-order chi connectivity index (χ0) is 29.7. The van der Waals surface area contributed by atoms with E-state index < -0.39 is 41.8 Å². The molecule has 1 aromatic heterocycles. The third-order valence-electron chi connectivity index (χ3n) is 5.78. The minimum Gasteiger partial charge on any atom is -0.461 e. The van der Waals surface area contributed by atoms with Crippen molar-refractivity contribution in [3.05, 3.63) is 41.7 Å². The molecule has 2 aromatic rings. The van der Waals surface area contributed by atoms with Crippen molar-refractivity contribution < 1.29 is 28.7 Å². The molecule has 218 valence electrons. The maximum Gasteiger partial charge on any atom is 0.312 e. The number of hydrogen-bond donors (Lipinski definition) is 5. The number of aromatic nitrogens is 3. The van der Waals surface area contributed by atoms with Gasteiger partial charge in [0.2, 0.25) is 17.7 Å². The average molecular weight is 559 g/mol. The van der Waals surface area contributed by atoms with Crippen molar-refractivity contribution in [3.63, 3.8) is 0 Å². The third kappa shape index (κ3) is 11.1.